The monoisotopic (exact) mass is 289 g/mol. The molecule has 2 aliphatic heterocycles. The Bertz CT molecular complexity index is 460. The maximum Gasteiger partial charge on any atom is 0.157 e. The van der Waals surface area contributed by atoms with Crippen molar-refractivity contribution in [1.29, 1.82) is 0 Å². The van der Waals surface area contributed by atoms with Gasteiger partial charge < -0.3 is 5.32 Å². The predicted molar refractivity (Wildman–Crippen MR) is 87.2 cm³/mol. The van der Waals surface area contributed by atoms with Crippen LogP contribution >= 0.6 is 11.8 Å². The van der Waals surface area contributed by atoms with Gasteiger partial charge in [-0.15, -0.1) is 0 Å². The minimum atomic E-state index is 0.559. The van der Waals surface area contributed by atoms with Gasteiger partial charge >= 0.3 is 0 Å². The zero-order valence-corrected chi connectivity index (χ0v) is 12.9. The molecule has 0 bridgehead atoms. The molecule has 2 unspecified atom stereocenters. The van der Waals surface area contributed by atoms with E-state index in [0.717, 1.165) is 24.8 Å². The first-order valence-corrected chi connectivity index (χ1v) is 8.41. The number of hydrogen-bond acceptors (Lipinski definition) is 4. The highest BCUT2D eigenvalue weighted by Crippen LogP contribution is 2.21. The molecule has 2 heterocycles. The highest BCUT2D eigenvalue weighted by molar-refractivity contribution is 8.14. The summed E-state index contributed by atoms with van der Waals surface area (Å²) in [7, 11) is 0. The van der Waals surface area contributed by atoms with Crippen LogP contribution in [-0.4, -0.2) is 41.0 Å². The Morgan fingerprint density at radius 1 is 1.35 bits per heavy atom. The first-order chi connectivity index (χ1) is 9.79. The number of likely N-dealkylation sites (tertiary alicyclic amines) is 1. The molecular formula is C16H23N3S. The van der Waals surface area contributed by atoms with Gasteiger partial charge in [0.25, 0.3) is 0 Å². The van der Waals surface area contributed by atoms with E-state index in [-0.39, 0.29) is 0 Å². The molecule has 1 saturated heterocycles. The van der Waals surface area contributed by atoms with Crippen LogP contribution in [0.15, 0.2) is 35.3 Å². The first kappa shape index (κ1) is 14.0. The lowest BCUT2D eigenvalue weighted by atomic mass is 10.1. The van der Waals surface area contributed by atoms with Gasteiger partial charge in [0.05, 0.1) is 6.54 Å². The molecule has 20 heavy (non-hydrogen) atoms. The number of nitrogens with one attached hydrogen (secondary N) is 1. The van der Waals surface area contributed by atoms with Gasteiger partial charge in [-0.05, 0) is 24.9 Å². The van der Waals surface area contributed by atoms with Gasteiger partial charge in [0.15, 0.2) is 5.17 Å². The van der Waals surface area contributed by atoms with E-state index in [1.165, 1.54) is 24.9 Å². The van der Waals surface area contributed by atoms with Crippen LogP contribution in [0.4, 0.5) is 0 Å². The molecule has 4 heteroatoms. The highest BCUT2D eigenvalue weighted by atomic mass is 32.2. The van der Waals surface area contributed by atoms with Gasteiger partial charge in [0, 0.05) is 24.4 Å². The van der Waals surface area contributed by atoms with E-state index in [9.17, 15) is 0 Å². The summed E-state index contributed by atoms with van der Waals surface area (Å²) in [5, 5.41) is 5.43. The van der Waals surface area contributed by atoms with Crippen molar-refractivity contribution in [3.63, 3.8) is 0 Å². The van der Waals surface area contributed by atoms with Crippen molar-refractivity contribution in [1.82, 2.24) is 10.2 Å². The minimum absolute atomic E-state index is 0.559. The van der Waals surface area contributed by atoms with Crippen LogP contribution in [0.1, 0.15) is 25.3 Å². The van der Waals surface area contributed by atoms with Gasteiger partial charge in [0.2, 0.25) is 0 Å². The summed E-state index contributed by atoms with van der Waals surface area (Å²) in [6.45, 7) is 6.61. The number of piperidine rings is 1. The third kappa shape index (κ3) is 3.76. The van der Waals surface area contributed by atoms with Gasteiger partial charge in [-0.1, -0.05) is 49.0 Å². The number of aliphatic imine (C=N–C) groups is 1. The smallest absolute Gasteiger partial charge is 0.157 e. The number of thioether (sulfide) groups is 1. The van der Waals surface area contributed by atoms with Crippen molar-refractivity contribution >= 4 is 16.9 Å². The Hall–Kier alpha value is -1.00. The molecule has 2 aliphatic rings. The molecule has 0 aliphatic carbocycles. The number of hydrogen-bond donors (Lipinski definition) is 1. The summed E-state index contributed by atoms with van der Waals surface area (Å²) in [4.78, 5) is 7.13. The van der Waals surface area contributed by atoms with Crippen molar-refractivity contribution < 1.29 is 0 Å². The zero-order chi connectivity index (χ0) is 13.8. The third-order valence-corrected chi connectivity index (χ3v) is 4.91. The van der Waals surface area contributed by atoms with Crippen molar-refractivity contribution in [2.24, 2.45) is 4.99 Å². The molecule has 0 radical (unpaired) electrons. The molecule has 108 valence electrons. The number of amidine groups is 1. The molecule has 0 aromatic heterocycles. The van der Waals surface area contributed by atoms with Crippen molar-refractivity contribution in [2.45, 2.75) is 37.6 Å². The summed E-state index contributed by atoms with van der Waals surface area (Å²) in [6.07, 6.45) is 2.54. The molecular weight excluding hydrogens is 266 g/mol. The Kier molecular flexibility index (Phi) is 4.63. The third-order valence-electron chi connectivity index (χ3n) is 3.89. The van der Waals surface area contributed by atoms with Crippen molar-refractivity contribution in [3.05, 3.63) is 35.9 Å². The molecule has 0 saturated carbocycles. The van der Waals surface area contributed by atoms with Gasteiger partial charge in [-0.25, -0.2) is 0 Å². The van der Waals surface area contributed by atoms with E-state index in [2.05, 4.69) is 52.5 Å². The van der Waals surface area contributed by atoms with E-state index >= 15 is 0 Å². The summed E-state index contributed by atoms with van der Waals surface area (Å²) >= 11 is 1.88. The van der Waals surface area contributed by atoms with Gasteiger partial charge in [-0.2, -0.15) is 0 Å². The van der Waals surface area contributed by atoms with Crippen LogP contribution in [0, 0.1) is 0 Å². The van der Waals surface area contributed by atoms with E-state index in [0.29, 0.717) is 11.3 Å². The lowest BCUT2D eigenvalue weighted by molar-refractivity contribution is 0.193. The fourth-order valence-electron chi connectivity index (χ4n) is 2.89. The lowest BCUT2D eigenvalue weighted by Crippen LogP contribution is -2.46. The average molecular weight is 289 g/mol. The highest BCUT2D eigenvalue weighted by Gasteiger charge is 2.23. The largest absolute Gasteiger partial charge is 0.361 e. The average Bonchev–Trinajstić information content (AvgIpc) is 2.86. The second-order valence-corrected chi connectivity index (χ2v) is 7.21. The van der Waals surface area contributed by atoms with Crippen LogP contribution in [0.3, 0.4) is 0 Å². The quantitative estimate of drug-likeness (QED) is 0.927. The normalized spacial score (nSPS) is 27.4. The summed E-state index contributed by atoms with van der Waals surface area (Å²) in [5.74, 6) is 0. The minimum Gasteiger partial charge on any atom is -0.361 e. The van der Waals surface area contributed by atoms with Crippen molar-refractivity contribution in [3.8, 4) is 0 Å². The fourth-order valence-corrected chi connectivity index (χ4v) is 3.80. The van der Waals surface area contributed by atoms with E-state index < -0.39 is 0 Å². The maximum absolute atomic E-state index is 4.57. The standard InChI is InChI=1S/C16H23N3S/c1-13-10-17-16(20-13)18-15-8-5-9-19(12-15)11-14-6-3-2-4-7-14/h2-4,6-7,13,15H,5,8-12H2,1H3,(H,17,18). The molecule has 0 amide bonds. The predicted octanol–water partition coefficient (Wildman–Crippen LogP) is 2.73. The molecule has 1 N–H and O–H groups in total. The van der Waals surface area contributed by atoms with Gasteiger partial charge in [-0.3, -0.25) is 9.89 Å². The first-order valence-electron chi connectivity index (χ1n) is 7.53. The Morgan fingerprint density at radius 2 is 2.20 bits per heavy atom. The number of rotatable bonds is 3. The van der Waals surface area contributed by atoms with Crippen LogP contribution in [0.2, 0.25) is 0 Å². The summed E-state index contributed by atoms with van der Waals surface area (Å²) in [6, 6.07) is 11.3. The topological polar surface area (TPSA) is 27.6 Å². The maximum atomic E-state index is 4.57. The van der Waals surface area contributed by atoms with Crippen LogP contribution in [-0.2, 0) is 6.54 Å². The summed E-state index contributed by atoms with van der Waals surface area (Å²) in [5.41, 5.74) is 1.41. The summed E-state index contributed by atoms with van der Waals surface area (Å²) < 4.78 is 0. The number of nitrogens with zero attached hydrogens (tertiary/aromatic N) is 2. The molecule has 1 fully saturated rings. The zero-order valence-electron chi connectivity index (χ0n) is 12.1. The van der Waals surface area contributed by atoms with Crippen LogP contribution < -0.4 is 5.32 Å². The van der Waals surface area contributed by atoms with Gasteiger partial charge in [0.1, 0.15) is 0 Å². The molecule has 0 spiro atoms. The molecule has 1 aromatic carbocycles. The molecule has 3 nitrogen and oxygen atoms in total. The fraction of sp³-hybridized carbons (Fsp3) is 0.562. The second kappa shape index (κ2) is 6.64. The SMILES string of the molecule is CC1CN=C(NC2CCCN(Cc3ccccc3)C2)S1. The van der Waals surface area contributed by atoms with Crippen molar-refractivity contribution in [2.75, 3.05) is 19.6 Å². The van der Waals surface area contributed by atoms with Crippen LogP contribution in [0.5, 0.6) is 0 Å². The Morgan fingerprint density at radius 3 is 2.95 bits per heavy atom. The van der Waals surface area contributed by atoms with E-state index in [4.69, 9.17) is 0 Å². The second-order valence-electron chi connectivity index (χ2n) is 5.78. The Labute approximate surface area is 125 Å². The molecule has 3 rings (SSSR count). The van der Waals surface area contributed by atoms with E-state index in [1.807, 2.05) is 11.8 Å². The Balaban J connectivity index is 1.51. The van der Waals surface area contributed by atoms with E-state index in [1.54, 1.807) is 0 Å². The lowest BCUT2D eigenvalue weighted by Gasteiger charge is -2.33. The molecule has 2 atom stereocenters. The number of benzene rings is 1. The molecule has 1 aromatic rings. The van der Waals surface area contributed by atoms with Crippen LogP contribution in [0.25, 0.3) is 0 Å².